The molecule has 0 atom stereocenters. The van der Waals surface area contributed by atoms with E-state index in [9.17, 15) is 9.90 Å². The van der Waals surface area contributed by atoms with Gasteiger partial charge in [0.1, 0.15) is 6.61 Å². The lowest BCUT2D eigenvalue weighted by Gasteiger charge is -2.05. The lowest BCUT2D eigenvalue weighted by molar-refractivity contribution is 0.0691. The maximum absolute atomic E-state index is 11.3. The molecule has 0 saturated heterocycles. The van der Waals surface area contributed by atoms with Gasteiger partial charge in [-0.3, -0.25) is 0 Å². The number of hydrogen-bond donors (Lipinski definition) is 1. The molecule has 0 aliphatic carbocycles. The number of pyridine rings is 2. The molecule has 0 aliphatic rings. The van der Waals surface area contributed by atoms with Crippen molar-refractivity contribution in [1.29, 1.82) is 0 Å². The molecule has 0 spiro atoms. The first-order chi connectivity index (χ1) is 14.2. The summed E-state index contributed by atoms with van der Waals surface area (Å²) in [6.07, 6.45) is 3.69. The third-order valence-corrected chi connectivity index (χ3v) is 4.27. The first-order valence-electron chi connectivity index (χ1n) is 8.95. The van der Waals surface area contributed by atoms with Crippen molar-refractivity contribution in [2.75, 3.05) is 0 Å². The Bertz CT molecular complexity index is 1110. The van der Waals surface area contributed by atoms with E-state index in [1.807, 2.05) is 42.5 Å². The molecular formula is C22H17N3O4. The van der Waals surface area contributed by atoms with E-state index in [1.54, 1.807) is 24.4 Å². The predicted molar refractivity (Wildman–Crippen MR) is 105 cm³/mol. The molecule has 0 amide bonds. The van der Waals surface area contributed by atoms with E-state index >= 15 is 0 Å². The van der Waals surface area contributed by atoms with Crippen molar-refractivity contribution < 1.29 is 19.2 Å². The highest BCUT2D eigenvalue weighted by atomic mass is 16.5. The number of carboxylic acids is 1. The highest BCUT2D eigenvalue weighted by Gasteiger charge is 2.16. The van der Waals surface area contributed by atoms with E-state index in [0.29, 0.717) is 35.9 Å². The number of nitrogens with zero attached hydrogens (tertiary/aromatic N) is 3. The third kappa shape index (κ3) is 4.47. The average molecular weight is 387 g/mol. The highest BCUT2D eigenvalue weighted by molar-refractivity contribution is 5.92. The average Bonchev–Trinajstić information content (AvgIpc) is 3.22. The molecule has 3 aromatic heterocycles. The van der Waals surface area contributed by atoms with Gasteiger partial charge in [-0.15, -0.1) is 0 Å². The first kappa shape index (κ1) is 18.4. The van der Waals surface area contributed by atoms with Gasteiger partial charge in [0.25, 0.3) is 0 Å². The summed E-state index contributed by atoms with van der Waals surface area (Å²) < 4.78 is 11.0. The van der Waals surface area contributed by atoms with Gasteiger partial charge in [-0.25, -0.2) is 14.8 Å². The Balaban J connectivity index is 1.42. The largest absolute Gasteiger partial charge is 0.476 e. The molecule has 4 rings (SSSR count). The maximum atomic E-state index is 11.3. The van der Waals surface area contributed by atoms with Gasteiger partial charge in [-0.1, -0.05) is 35.5 Å². The molecule has 0 unspecified atom stereocenters. The standard InChI is InChI=1S/C22H17N3O4/c26-22(27)21-18(4-3-11-24-21)19-13-17(25-29-19)12-15-6-8-16(9-7-15)14-28-20-5-1-2-10-23-20/h1-11,13H,12,14H2,(H,26,27). The summed E-state index contributed by atoms with van der Waals surface area (Å²) in [6, 6.07) is 18.6. The Labute approximate surface area is 166 Å². The van der Waals surface area contributed by atoms with Crippen LogP contribution in [0.25, 0.3) is 11.3 Å². The molecule has 7 heteroatoms. The molecule has 0 fully saturated rings. The van der Waals surface area contributed by atoms with Crippen LogP contribution in [0.4, 0.5) is 0 Å². The first-order valence-corrected chi connectivity index (χ1v) is 8.95. The fraction of sp³-hybridized carbons (Fsp3) is 0.0909. The molecule has 1 N–H and O–H groups in total. The number of carboxylic acid groups (broad SMARTS) is 1. The Hall–Kier alpha value is -4.00. The third-order valence-electron chi connectivity index (χ3n) is 4.27. The van der Waals surface area contributed by atoms with Gasteiger partial charge >= 0.3 is 5.97 Å². The highest BCUT2D eigenvalue weighted by Crippen LogP contribution is 2.24. The summed E-state index contributed by atoms with van der Waals surface area (Å²) in [5.74, 6) is -0.143. The summed E-state index contributed by atoms with van der Waals surface area (Å²) in [4.78, 5) is 19.4. The van der Waals surface area contributed by atoms with Crippen molar-refractivity contribution in [3.63, 3.8) is 0 Å². The lowest BCUT2D eigenvalue weighted by atomic mass is 10.1. The summed E-state index contributed by atoms with van der Waals surface area (Å²) in [6.45, 7) is 0.435. The van der Waals surface area contributed by atoms with Gasteiger partial charge in [0, 0.05) is 30.9 Å². The lowest BCUT2D eigenvalue weighted by Crippen LogP contribution is -2.02. The van der Waals surface area contributed by atoms with Crippen LogP contribution in [0.3, 0.4) is 0 Å². The van der Waals surface area contributed by atoms with Crippen LogP contribution in [0.2, 0.25) is 0 Å². The monoisotopic (exact) mass is 387 g/mol. The fourth-order valence-electron chi connectivity index (χ4n) is 2.85. The number of carbonyl (C=O) groups is 1. The van der Waals surface area contributed by atoms with Gasteiger partial charge in [0.05, 0.1) is 11.3 Å². The summed E-state index contributed by atoms with van der Waals surface area (Å²) >= 11 is 0. The minimum Gasteiger partial charge on any atom is -0.476 e. The van der Waals surface area contributed by atoms with E-state index < -0.39 is 5.97 Å². The predicted octanol–water partition coefficient (Wildman–Crippen LogP) is 4.00. The van der Waals surface area contributed by atoms with Crippen molar-refractivity contribution in [1.82, 2.24) is 15.1 Å². The van der Waals surface area contributed by atoms with Crippen molar-refractivity contribution >= 4 is 5.97 Å². The zero-order valence-electron chi connectivity index (χ0n) is 15.4. The smallest absolute Gasteiger partial charge is 0.355 e. The van der Waals surface area contributed by atoms with Gasteiger partial charge < -0.3 is 14.4 Å². The second kappa shape index (κ2) is 8.35. The Kier molecular flexibility index (Phi) is 5.29. The molecule has 1 aromatic carbocycles. The van der Waals surface area contributed by atoms with E-state index in [0.717, 1.165) is 11.1 Å². The molecular weight excluding hydrogens is 370 g/mol. The molecule has 0 radical (unpaired) electrons. The summed E-state index contributed by atoms with van der Waals surface area (Å²) in [5, 5.41) is 13.3. The topological polar surface area (TPSA) is 98.3 Å². The fourth-order valence-corrected chi connectivity index (χ4v) is 2.85. The van der Waals surface area contributed by atoms with Gasteiger partial charge in [-0.05, 0) is 29.3 Å². The minimum atomic E-state index is -1.11. The number of rotatable bonds is 7. The van der Waals surface area contributed by atoms with E-state index in [1.165, 1.54) is 6.20 Å². The Morgan fingerprint density at radius 2 is 1.76 bits per heavy atom. The molecule has 0 saturated carbocycles. The minimum absolute atomic E-state index is 0.0625. The van der Waals surface area contributed by atoms with Gasteiger partial charge in [0.2, 0.25) is 5.88 Å². The molecule has 29 heavy (non-hydrogen) atoms. The van der Waals surface area contributed by atoms with E-state index in [2.05, 4.69) is 15.1 Å². The van der Waals surface area contributed by atoms with Crippen molar-refractivity contribution in [2.45, 2.75) is 13.0 Å². The van der Waals surface area contributed by atoms with Crippen LogP contribution in [-0.2, 0) is 13.0 Å². The molecule has 7 nitrogen and oxygen atoms in total. The maximum Gasteiger partial charge on any atom is 0.355 e. The molecule has 0 aliphatic heterocycles. The SMILES string of the molecule is O=C(O)c1ncccc1-c1cc(Cc2ccc(COc3ccccn3)cc2)no1. The van der Waals surface area contributed by atoms with Gasteiger partial charge in [0.15, 0.2) is 11.5 Å². The summed E-state index contributed by atoms with van der Waals surface area (Å²) in [5.41, 5.74) is 3.13. The zero-order valence-corrected chi connectivity index (χ0v) is 15.4. The number of ether oxygens (including phenoxy) is 1. The van der Waals surface area contributed by atoms with Crippen molar-refractivity contribution in [3.8, 4) is 17.2 Å². The Morgan fingerprint density at radius 1 is 0.966 bits per heavy atom. The zero-order chi connectivity index (χ0) is 20.1. The van der Waals surface area contributed by atoms with E-state index in [4.69, 9.17) is 9.26 Å². The number of aromatic carboxylic acids is 1. The van der Waals surface area contributed by atoms with Crippen molar-refractivity contribution in [3.05, 3.63) is 95.6 Å². The second-order valence-electron chi connectivity index (χ2n) is 6.34. The normalized spacial score (nSPS) is 10.6. The van der Waals surface area contributed by atoms with Crippen molar-refractivity contribution in [2.24, 2.45) is 0 Å². The number of aromatic nitrogens is 3. The second-order valence-corrected chi connectivity index (χ2v) is 6.34. The molecule has 3 heterocycles. The Morgan fingerprint density at radius 3 is 2.52 bits per heavy atom. The van der Waals surface area contributed by atoms with Crippen LogP contribution in [0.1, 0.15) is 27.3 Å². The molecule has 0 bridgehead atoms. The van der Waals surface area contributed by atoms with Crippen LogP contribution in [0, 0.1) is 0 Å². The quantitative estimate of drug-likeness (QED) is 0.512. The van der Waals surface area contributed by atoms with E-state index in [-0.39, 0.29) is 5.69 Å². The molecule has 4 aromatic rings. The van der Waals surface area contributed by atoms with Crippen LogP contribution in [-0.4, -0.2) is 26.2 Å². The summed E-state index contributed by atoms with van der Waals surface area (Å²) in [7, 11) is 0. The number of benzene rings is 1. The van der Waals surface area contributed by atoms with Crippen LogP contribution in [0.15, 0.2) is 77.6 Å². The molecule has 144 valence electrons. The van der Waals surface area contributed by atoms with Crippen LogP contribution >= 0.6 is 0 Å². The van der Waals surface area contributed by atoms with Gasteiger partial charge in [-0.2, -0.15) is 0 Å². The van der Waals surface area contributed by atoms with Crippen LogP contribution in [0.5, 0.6) is 5.88 Å². The van der Waals surface area contributed by atoms with Crippen LogP contribution < -0.4 is 4.74 Å². The number of hydrogen-bond acceptors (Lipinski definition) is 6.